The molecular weight excluding hydrogens is 466 g/mol. The van der Waals surface area contributed by atoms with Crippen molar-refractivity contribution in [3.05, 3.63) is 42.1 Å². The van der Waals surface area contributed by atoms with E-state index in [0.717, 1.165) is 25.9 Å². The Kier molecular flexibility index (Phi) is 7.12. The summed E-state index contributed by atoms with van der Waals surface area (Å²) < 4.78 is 39.8. The lowest BCUT2D eigenvalue weighted by atomic mass is 9.86. The third kappa shape index (κ3) is 6.42. The van der Waals surface area contributed by atoms with Gasteiger partial charge in [-0.3, -0.25) is 0 Å². The third-order valence-corrected chi connectivity index (χ3v) is 6.72. The molecule has 36 heavy (non-hydrogen) atoms. The third-order valence-electron chi connectivity index (χ3n) is 6.72. The highest BCUT2D eigenvalue weighted by Crippen LogP contribution is 2.43. The van der Waals surface area contributed by atoms with Crippen LogP contribution in [-0.4, -0.2) is 58.4 Å². The van der Waals surface area contributed by atoms with Crippen LogP contribution in [0.3, 0.4) is 0 Å². The van der Waals surface area contributed by atoms with Crippen LogP contribution >= 0.6 is 0 Å². The molecule has 9 heteroatoms. The number of halogens is 2. The van der Waals surface area contributed by atoms with Crippen LogP contribution in [0.5, 0.6) is 11.5 Å². The molecule has 0 N–H and O–H groups in total. The Morgan fingerprint density at radius 2 is 1.86 bits per heavy atom. The molecule has 2 fully saturated rings. The lowest BCUT2D eigenvalue weighted by Gasteiger charge is -2.27. The molecule has 1 aromatic carbocycles. The summed E-state index contributed by atoms with van der Waals surface area (Å²) in [6.45, 7) is 11.4. The molecule has 196 valence electrons. The highest BCUT2D eigenvalue weighted by atomic mass is 19.1. The fourth-order valence-electron chi connectivity index (χ4n) is 4.88. The minimum atomic E-state index is -1.37. The van der Waals surface area contributed by atoms with Gasteiger partial charge in [0.05, 0.1) is 6.20 Å². The molecule has 2 saturated heterocycles. The molecule has 7 nitrogen and oxygen atoms in total. The monoisotopic (exact) mass is 502 g/mol. The predicted octanol–water partition coefficient (Wildman–Crippen LogP) is 5.93. The Bertz CT molecular complexity index is 1100. The maximum absolute atomic E-state index is 14.1. The summed E-state index contributed by atoms with van der Waals surface area (Å²) in [4.78, 5) is 25.2. The maximum Gasteiger partial charge on any atom is 0.410 e. The zero-order valence-electron chi connectivity index (χ0n) is 21.8. The molecule has 1 spiro atoms. The summed E-state index contributed by atoms with van der Waals surface area (Å²) in [6.07, 6.45) is 5.20. The first-order chi connectivity index (χ1) is 16.8. The summed E-state index contributed by atoms with van der Waals surface area (Å²) in [6, 6.07) is 4.28. The summed E-state index contributed by atoms with van der Waals surface area (Å²) in [7, 11) is 0. The number of aryl methyl sites for hydroxylation is 1. The molecular formula is C27H36F2N4O3. The van der Waals surface area contributed by atoms with Crippen molar-refractivity contribution in [1.82, 2.24) is 14.9 Å². The highest BCUT2D eigenvalue weighted by molar-refractivity contribution is 5.68. The molecule has 1 atom stereocenters. The van der Waals surface area contributed by atoms with Crippen molar-refractivity contribution in [3.8, 4) is 11.5 Å². The van der Waals surface area contributed by atoms with Crippen LogP contribution in [0.15, 0.2) is 30.7 Å². The van der Waals surface area contributed by atoms with Gasteiger partial charge in [-0.05, 0) is 84.1 Å². The number of likely N-dealkylation sites (tertiary alicyclic amines) is 1. The van der Waals surface area contributed by atoms with Gasteiger partial charge in [-0.15, -0.1) is 0 Å². The van der Waals surface area contributed by atoms with Crippen molar-refractivity contribution in [2.45, 2.75) is 71.6 Å². The quantitative estimate of drug-likeness (QED) is 0.488. The van der Waals surface area contributed by atoms with Gasteiger partial charge in [0.15, 0.2) is 11.6 Å². The number of alkyl halides is 1. The number of benzene rings is 1. The van der Waals surface area contributed by atoms with E-state index in [1.807, 2.05) is 20.8 Å². The van der Waals surface area contributed by atoms with Crippen LogP contribution in [0, 0.1) is 11.2 Å². The molecule has 0 radical (unpaired) electrons. The van der Waals surface area contributed by atoms with Gasteiger partial charge in [0.1, 0.15) is 29.2 Å². The second-order valence-electron chi connectivity index (χ2n) is 11.6. The van der Waals surface area contributed by atoms with Crippen molar-refractivity contribution >= 4 is 11.9 Å². The minimum absolute atomic E-state index is 0.0349. The summed E-state index contributed by atoms with van der Waals surface area (Å²) in [5.41, 5.74) is -1.34. The fraction of sp³-hybridized carbons (Fsp3) is 0.593. The minimum Gasteiger partial charge on any atom is -0.452 e. The molecule has 2 aromatic rings. The van der Waals surface area contributed by atoms with Crippen molar-refractivity contribution in [3.63, 3.8) is 0 Å². The van der Waals surface area contributed by atoms with Gasteiger partial charge in [0.25, 0.3) is 0 Å². The van der Waals surface area contributed by atoms with Gasteiger partial charge in [0.2, 0.25) is 0 Å². The van der Waals surface area contributed by atoms with Crippen molar-refractivity contribution in [1.29, 1.82) is 0 Å². The zero-order valence-corrected chi connectivity index (χ0v) is 21.8. The molecule has 2 aliphatic heterocycles. The number of anilines is 1. The van der Waals surface area contributed by atoms with E-state index in [-0.39, 0.29) is 17.9 Å². The van der Waals surface area contributed by atoms with E-state index in [1.54, 1.807) is 17.2 Å². The first kappa shape index (κ1) is 26.1. The molecule has 1 aromatic heterocycles. The number of aromatic nitrogens is 2. The second-order valence-corrected chi connectivity index (χ2v) is 11.6. The van der Waals surface area contributed by atoms with Crippen LogP contribution in [0.25, 0.3) is 0 Å². The van der Waals surface area contributed by atoms with Gasteiger partial charge in [-0.2, -0.15) is 0 Å². The van der Waals surface area contributed by atoms with Crippen LogP contribution in [0.1, 0.15) is 59.4 Å². The SMILES string of the molecule is CC(C)(F)CCc1cc(F)ccc1Oc1cncnc1N1CCC2(CCN(C(=O)OC(C)(C)C)C2)C1. The van der Waals surface area contributed by atoms with Crippen molar-refractivity contribution in [2.24, 2.45) is 5.41 Å². The summed E-state index contributed by atoms with van der Waals surface area (Å²) in [5, 5.41) is 0. The van der Waals surface area contributed by atoms with Crippen LogP contribution in [0.2, 0.25) is 0 Å². The molecule has 2 aliphatic rings. The number of ether oxygens (including phenoxy) is 2. The normalized spacial score (nSPS) is 20.3. The Hall–Kier alpha value is -2.97. The van der Waals surface area contributed by atoms with Crippen LogP contribution in [0.4, 0.5) is 19.4 Å². The van der Waals surface area contributed by atoms with Gasteiger partial charge in [0, 0.05) is 31.6 Å². The van der Waals surface area contributed by atoms with Crippen LogP contribution < -0.4 is 9.64 Å². The number of nitrogens with zero attached hydrogens (tertiary/aromatic N) is 4. The Morgan fingerprint density at radius 3 is 2.58 bits per heavy atom. The zero-order chi connectivity index (χ0) is 26.1. The van der Waals surface area contributed by atoms with E-state index in [0.29, 0.717) is 42.4 Å². The molecule has 3 heterocycles. The first-order valence-corrected chi connectivity index (χ1v) is 12.5. The van der Waals surface area contributed by atoms with E-state index >= 15 is 0 Å². The standard InChI is InChI=1S/C27H36F2N4O3/c1-25(2,3)36-24(34)33-13-11-27(17-33)10-12-32(16-27)23-22(15-30-18-31-23)35-21-7-6-20(28)14-19(21)8-9-26(4,5)29/h6-7,14-15,18H,8-13,16-17H2,1-5H3. The molecule has 0 saturated carbocycles. The Labute approximate surface area is 211 Å². The van der Waals surface area contributed by atoms with Crippen molar-refractivity contribution in [2.75, 3.05) is 31.1 Å². The summed E-state index contributed by atoms with van der Waals surface area (Å²) in [5.74, 6) is 1.18. The molecule has 1 amide bonds. The van der Waals surface area contributed by atoms with Gasteiger partial charge in [-0.25, -0.2) is 23.5 Å². The van der Waals surface area contributed by atoms with E-state index in [4.69, 9.17) is 9.47 Å². The van der Waals surface area contributed by atoms with E-state index in [2.05, 4.69) is 14.9 Å². The van der Waals surface area contributed by atoms with Gasteiger partial charge < -0.3 is 19.3 Å². The number of hydrogen-bond acceptors (Lipinski definition) is 6. The molecule has 4 rings (SSSR count). The average Bonchev–Trinajstić information content (AvgIpc) is 3.39. The molecule has 1 unspecified atom stereocenters. The number of rotatable bonds is 6. The lowest BCUT2D eigenvalue weighted by Crippen LogP contribution is -2.37. The number of carbonyl (C=O) groups is 1. The van der Waals surface area contributed by atoms with Crippen molar-refractivity contribution < 1.29 is 23.0 Å². The topological polar surface area (TPSA) is 67.8 Å². The first-order valence-electron chi connectivity index (χ1n) is 12.5. The predicted molar refractivity (Wildman–Crippen MR) is 134 cm³/mol. The van der Waals surface area contributed by atoms with Crippen LogP contribution in [-0.2, 0) is 11.2 Å². The highest BCUT2D eigenvalue weighted by Gasteiger charge is 2.46. The Balaban J connectivity index is 1.48. The summed E-state index contributed by atoms with van der Waals surface area (Å²) >= 11 is 0. The van der Waals surface area contributed by atoms with E-state index < -0.39 is 17.1 Å². The molecule has 0 bridgehead atoms. The average molecular weight is 503 g/mol. The lowest BCUT2D eigenvalue weighted by molar-refractivity contribution is 0.0276. The second kappa shape index (κ2) is 9.82. The number of amides is 1. The van der Waals surface area contributed by atoms with Gasteiger partial charge in [-0.1, -0.05) is 0 Å². The number of hydrogen-bond donors (Lipinski definition) is 0. The molecule has 0 aliphatic carbocycles. The smallest absolute Gasteiger partial charge is 0.410 e. The van der Waals surface area contributed by atoms with Gasteiger partial charge >= 0.3 is 6.09 Å². The van der Waals surface area contributed by atoms with E-state index in [1.165, 1.54) is 32.3 Å². The number of carbonyl (C=O) groups excluding carboxylic acids is 1. The Morgan fingerprint density at radius 1 is 1.11 bits per heavy atom. The fourth-order valence-corrected chi connectivity index (χ4v) is 4.88. The van der Waals surface area contributed by atoms with E-state index in [9.17, 15) is 13.6 Å². The largest absolute Gasteiger partial charge is 0.452 e. The maximum atomic E-state index is 14.1.